The van der Waals surface area contributed by atoms with E-state index < -0.39 is 5.91 Å². The summed E-state index contributed by atoms with van der Waals surface area (Å²) < 4.78 is 1.28. The number of fused-ring (bicyclic) bond motifs is 1. The van der Waals surface area contributed by atoms with E-state index in [9.17, 15) is 4.79 Å². The smallest absolute Gasteiger partial charge is 0.288 e. The molecule has 0 atom stereocenters. The number of nitrogens with zero attached hydrogens (tertiary/aromatic N) is 4. The molecule has 0 fully saturated rings. The van der Waals surface area contributed by atoms with E-state index >= 15 is 0 Å². The average molecular weight is 176 g/mol. The van der Waals surface area contributed by atoms with E-state index in [2.05, 4.69) is 21.3 Å². The van der Waals surface area contributed by atoms with Crippen molar-refractivity contribution in [2.45, 2.75) is 6.92 Å². The van der Waals surface area contributed by atoms with Crippen molar-refractivity contribution in [3.05, 3.63) is 23.8 Å². The third-order valence-corrected chi connectivity index (χ3v) is 1.48. The minimum absolute atomic E-state index is 0.0469. The summed E-state index contributed by atoms with van der Waals surface area (Å²) in [5, 5.41) is 3.77. The monoisotopic (exact) mass is 176 g/mol. The fourth-order valence-corrected chi connectivity index (χ4v) is 0.912. The zero-order chi connectivity index (χ0) is 9.42. The molecular formula is C7H6N5O. The number of aromatic nitrogens is 4. The lowest BCUT2D eigenvalue weighted by molar-refractivity contribution is 0.0990. The standard InChI is InChI=1S/C7H6N5O/c1-4-2-3-12-7(9-4)10-6(11-12)5(8)13/h2H,1H3,(H2,8,13). The number of nitrogens with two attached hydrogens (primary N) is 1. The summed E-state index contributed by atoms with van der Waals surface area (Å²) in [6, 6.07) is 1.65. The first-order valence-corrected chi connectivity index (χ1v) is 3.59. The summed E-state index contributed by atoms with van der Waals surface area (Å²) in [5.74, 6) is -0.389. The maximum absolute atomic E-state index is 10.7. The Morgan fingerprint density at radius 2 is 2.38 bits per heavy atom. The summed E-state index contributed by atoms with van der Waals surface area (Å²) in [7, 11) is 0. The Hall–Kier alpha value is -1.98. The van der Waals surface area contributed by atoms with Crippen LogP contribution in [0.15, 0.2) is 6.07 Å². The molecule has 0 aromatic carbocycles. The molecule has 65 valence electrons. The van der Waals surface area contributed by atoms with Crippen LogP contribution in [0.3, 0.4) is 0 Å². The summed E-state index contributed by atoms with van der Waals surface area (Å²) >= 11 is 0. The predicted octanol–water partition coefficient (Wildman–Crippen LogP) is -0.668. The molecule has 13 heavy (non-hydrogen) atoms. The van der Waals surface area contributed by atoms with Crippen molar-refractivity contribution in [3.63, 3.8) is 0 Å². The Bertz CT molecular complexity index is 475. The van der Waals surface area contributed by atoms with Gasteiger partial charge in [0.15, 0.2) is 0 Å². The van der Waals surface area contributed by atoms with Gasteiger partial charge in [0.25, 0.3) is 11.7 Å². The number of aryl methyl sites for hydroxylation is 1. The molecule has 0 unspecified atom stereocenters. The SMILES string of the molecule is Cc1c[c]n2nc(C(N)=O)nc2n1. The molecule has 1 amide bonds. The van der Waals surface area contributed by atoms with Crippen LogP contribution in [-0.2, 0) is 0 Å². The molecule has 6 heteroatoms. The molecule has 0 bridgehead atoms. The van der Waals surface area contributed by atoms with Gasteiger partial charge in [-0.25, -0.2) is 4.98 Å². The minimum Gasteiger partial charge on any atom is -0.363 e. The van der Waals surface area contributed by atoms with E-state index in [0.29, 0.717) is 5.78 Å². The van der Waals surface area contributed by atoms with Crippen molar-refractivity contribution in [2.75, 3.05) is 0 Å². The maximum atomic E-state index is 10.7. The van der Waals surface area contributed by atoms with E-state index in [0.717, 1.165) is 5.69 Å². The normalized spacial score (nSPS) is 10.5. The van der Waals surface area contributed by atoms with Crippen molar-refractivity contribution < 1.29 is 4.79 Å². The Morgan fingerprint density at radius 1 is 1.62 bits per heavy atom. The quantitative estimate of drug-likeness (QED) is 0.624. The second-order valence-corrected chi connectivity index (χ2v) is 2.54. The first kappa shape index (κ1) is 7.66. The molecule has 2 rings (SSSR count). The van der Waals surface area contributed by atoms with Crippen LogP contribution in [0.4, 0.5) is 0 Å². The van der Waals surface area contributed by atoms with Gasteiger partial charge in [0, 0.05) is 5.69 Å². The zero-order valence-electron chi connectivity index (χ0n) is 6.85. The van der Waals surface area contributed by atoms with Gasteiger partial charge in [-0.05, 0) is 13.0 Å². The van der Waals surface area contributed by atoms with E-state index in [-0.39, 0.29) is 5.82 Å². The van der Waals surface area contributed by atoms with Gasteiger partial charge in [0.2, 0.25) is 5.82 Å². The van der Waals surface area contributed by atoms with Crippen molar-refractivity contribution in [1.29, 1.82) is 0 Å². The molecule has 2 N–H and O–H groups in total. The first-order valence-electron chi connectivity index (χ1n) is 3.59. The minimum atomic E-state index is -0.670. The van der Waals surface area contributed by atoms with E-state index in [1.54, 1.807) is 13.0 Å². The molecule has 2 heterocycles. The van der Waals surface area contributed by atoms with Crippen LogP contribution in [0.5, 0.6) is 0 Å². The van der Waals surface area contributed by atoms with Crippen LogP contribution in [0.25, 0.3) is 5.78 Å². The largest absolute Gasteiger partial charge is 0.363 e. The Labute approximate surface area is 73.4 Å². The van der Waals surface area contributed by atoms with Crippen LogP contribution in [0.2, 0.25) is 0 Å². The van der Waals surface area contributed by atoms with Crippen molar-refractivity contribution in [2.24, 2.45) is 5.73 Å². The number of carbonyl (C=O) groups is 1. The van der Waals surface area contributed by atoms with E-state index in [4.69, 9.17) is 5.73 Å². The lowest BCUT2D eigenvalue weighted by atomic mass is 10.5. The van der Waals surface area contributed by atoms with Crippen molar-refractivity contribution in [1.82, 2.24) is 19.6 Å². The molecule has 0 aliphatic carbocycles. The molecule has 0 aliphatic heterocycles. The second-order valence-electron chi connectivity index (χ2n) is 2.54. The highest BCUT2D eigenvalue weighted by molar-refractivity contribution is 5.89. The number of carbonyl (C=O) groups excluding carboxylic acids is 1. The second kappa shape index (κ2) is 2.51. The van der Waals surface area contributed by atoms with Crippen LogP contribution >= 0.6 is 0 Å². The lowest BCUT2D eigenvalue weighted by Crippen LogP contribution is -2.12. The highest BCUT2D eigenvalue weighted by atomic mass is 16.1. The van der Waals surface area contributed by atoms with Gasteiger partial charge in [0.05, 0.1) is 6.20 Å². The van der Waals surface area contributed by atoms with Crippen LogP contribution in [-0.4, -0.2) is 25.5 Å². The maximum Gasteiger partial charge on any atom is 0.288 e. The molecule has 0 saturated carbocycles. The molecule has 1 radical (unpaired) electrons. The van der Waals surface area contributed by atoms with Crippen molar-refractivity contribution >= 4 is 11.7 Å². The molecule has 0 saturated heterocycles. The summed E-state index contributed by atoms with van der Waals surface area (Å²) in [6.07, 6.45) is 2.77. The first-order chi connectivity index (χ1) is 6.16. The number of amides is 1. The number of rotatable bonds is 1. The Morgan fingerprint density at radius 3 is 3.08 bits per heavy atom. The fourth-order valence-electron chi connectivity index (χ4n) is 0.912. The molecule has 0 aliphatic rings. The van der Waals surface area contributed by atoms with Gasteiger partial charge in [-0.3, -0.25) is 4.79 Å². The predicted molar refractivity (Wildman–Crippen MR) is 42.9 cm³/mol. The number of hydrogen-bond acceptors (Lipinski definition) is 4. The lowest BCUT2D eigenvalue weighted by Gasteiger charge is -1.88. The summed E-state index contributed by atoms with van der Waals surface area (Å²) in [5.41, 5.74) is 5.76. The highest BCUT2D eigenvalue weighted by Gasteiger charge is 2.09. The van der Waals surface area contributed by atoms with Gasteiger partial charge < -0.3 is 5.73 Å². The van der Waals surface area contributed by atoms with Gasteiger partial charge >= 0.3 is 0 Å². The van der Waals surface area contributed by atoms with Gasteiger partial charge in [-0.2, -0.15) is 9.50 Å². The molecule has 6 nitrogen and oxygen atoms in total. The Balaban J connectivity index is 2.68. The number of primary amides is 1. The van der Waals surface area contributed by atoms with E-state index in [1.165, 1.54) is 4.52 Å². The zero-order valence-corrected chi connectivity index (χ0v) is 6.85. The molecule has 2 aromatic rings. The van der Waals surface area contributed by atoms with Crippen LogP contribution in [0, 0.1) is 13.1 Å². The van der Waals surface area contributed by atoms with E-state index in [1.807, 2.05) is 0 Å². The molecule has 0 spiro atoms. The van der Waals surface area contributed by atoms with Gasteiger partial charge in [0.1, 0.15) is 0 Å². The topological polar surface area (TPSA) is 86.2 Å². The summed E-state index contributed by atoms with van der Waals surface area (Å²) in [4.78, 5) is 18.5. The molecule has 2 aromatic heterocycles. The fraction of sp³-hybridized carbons (Fsp3) is 0.143. The van der Waals surface area contributed by atoms with Crippen LogP contribution in [0.1, 0.15) is 16.3 Å². The van der Waals surface area contributed by atoms with Crippen molar-refractivity contribution in [3.8, 4) is 0 Å². The third-order valence-electron chi connectivity index (χ3n) is 1.48. The van der Waals surface area contributed by atoms with Crippen LogP contribution < -0.4 is 5.73 Å². The Kier molecular flexibility index (Phi) is 1.48. The summed E-state index contributed by atoms with van der Waals surface area (Å²) in [6.45, 7) is 1.80. The van der Waals surface area contributed by atoms with Gasteiger partial charge in [-0.15, -0.1) is 5.10 Å². The third kappa shape index (κ3) is 1.22. The molecular weight excluding hydrogens is 170 g/mol. The van der Waals surface area contributed by atoms with Gasteiger partial charge in [-0.1, -0.05) is 0 Å². The highest BCUT2D eigenvalue weighted by Crippen LogP contribution is 1.98. The number of hydrogen-bond donors (Lipinski definition) is 1. The average Bonchev–Trinajstić information content (AvgIpc) is 2.46.